The maximum atomic E-state index is 15.1. The lowest BCUT2D eigenvalue weighted by molar-refractivity contribution is -0.348. The second-order valence-electron chi connectivity index (χ2n) is 8.40. The summed E-state index contributed by atoms with van der Waals surface area (Å²) in [6.07, 6.45) is -23.4. The standard InChI is InChI=1S/C23H9F14IN4O2/c24-14-10(2-1-3-13(14)41-16(43)8-6-39-18(40-7-8)21(29,30)31)17(44)42-15-11(20(26,27)28)4-9(5-12(15)38)19(25,22(32,33)34)23(35,36)37/h1-7H,(H,41,43)(H,42,44). The molecule has 21 heteroatoms. The maximum Gasteiger partial charge on any atom is 0.451 e. The highest BCUT2D eigenvalue weighted by Gasteiger charge is 2.73. The van der Waals surface area contributed by atoms with Crippen LogP contribution in [0.5, 0.6) is 0 Å². The Labute approximate surface area is 248 Å². The van der Waals surface area contributed by atoms with E-state index in [-0.39, 0.29) is 6.07 Å². The zero-order valence-corrected chi connectivity index (χ0v) is 22.6. The zero-order chi connectivity index (χ0) is 33.6. The molecule has 0 bridgehead atoms. The molecule has 0 aliphatic heterocycles. The largest absolute Gasteiger partial charge is 0.451 e. The number of carbonyl (C=O) groups excluding carboxylic acids is 2. The minimum atomic E-state index is -6.76. The molecule has 0 atom stereocenters. The predicted octanol–water partition coefficient (Wildman–Crippen LogP) is 8.05. The van der Waals surface area contributed by atoms with Gasteiger partial charge < -0.3 is 10.6 Å². The average Bonchev–Trinajstić information content (AvgIpc) is 2.87. The van der Waals surface area contributed by atoms with Gasteiger partial charge in [0, 0.05) is 21.5 Å². The van der Waals surface area contributed by atoms with Crippen LogP contribution in [0.4, 0.5) is 72.8 Å². The highest BCUT2D eigenvalue weighted by molar-refractivity contribution is 14.1. The molecule has 0 saturated heterocycles. The normalized spacial score (nSPS) is 13.1. The van der Waals surface area contributed by atoms with Crippen LogP contribution >= 0.6 is 22.6 Å². The Morgan fingerprint density at radius 3 is 1.75 bits per heavy atom. The van der Waals surface area contributed by atoms with Crippen molar-refractivity contribution in [1.82, 2.24) is 9.97 Å². The highest BCUT2D eigenvalue weighted by Crippen LogP contribution is 2.54. The molecule has 0 spiro atoms. The van der Waals surface area contributed by atoms with Crippen LogP contribution in [0.25, 0.3) is 0 Å². The number of hydrogen-bond donors (Lipinski definition) is 2. The third-order valence-electron chi connectivity index (χ3n) is 5.47. The topological polar surface area (TPSA) is 84.0 Å². The van der Waals surface area contributed by atoms with Crippen molar-refractivity contribution in [3.05, 3.63) is 80.2 Å². The zero-order valence-electron chi connectivity index (χ0n) is 20.4. The first-order chi connectivity index (χ1) is 19.9. The van der Waals surface area contributed by atoms with Gasteiger partial charge in [-0.25, -0.2) is 18.7 Å². The van der Waals surface area contributed by atoms with E-state index in [0.29, 0.717) is 18.5 Å². The van der Waals surface area contributed by atoms with E-state index < -0.39 is 97.1 Å². The molecule has 3 aromatic rings. The first-order valence-corrected chi connectivity index (χ1v) is 12.0. The first kappa shape index (κ1) is 34.7. The number of benzene rings is 2. The van der Waals surface area contributed by atoms with Crippen LogP contribution in [0.3, 0.4) is 0 Å². The number of nitrogens with one attached hydrogen (secondary N) is 2. The fourth-order valence-corrected chi connectivity index (χ4v) is 4.18. The van der Waals surface area contributed by atoms with E-state index in [1.54, 1.807) is 0 Å². The van der Waals surface area contributed by atoms with Gasteiger partial charge in [0.15, 0.2) is 5.82 Å². The number of nitrogens with zero attached hydrogens (tertiary/aromatic N) is 2. The molecule has 1 heterocycles. The summed E-state index contributed by atoms with van der Waals surface area (Å²) in [7, 11) is 0. The van der Waals surface area contributed by atoms with Gasteiger partial charge in [-0.3, -0.25) is 9.59 Å². The second kappa shape index (κ2) is 11.6. The number of alkyl halides is 13. The monoisotopic (exact) mass is 766 g/mol. The number of aromatic nitrogens is 2. The fourth-order valence-electron chi connectivity index (χ4n) is 3.42. The molecule has 238 valence electrons. The van der Waals surface area contributed by atoms with Crippen LogP contribution in [0.1, 0.15) is 37.7 Å². The fraction of sp³-hybridized carbons (Fsp3) is 0.217. The van der Waals surface area contributed by atoms with Gasteiger partial charge in [0.2, 0.25) is 5.82 Å². The molecule has 6 nitrogen and oxygen atoms in total. The molecule has 0 aliphatic rings. The lowest BCUT2D eigenvalue weighted by Gasteiger charge is -2.31. The number of hydrogen-bond acceptors (Lipinski definition) is 4. The summed E-state index contributed by atoms with van der Waals surface area (Å²) in [5, 5.41) is 3.35. The molecular formula is C23H9F14IN4O2. The first-order valence-electron chi connectivity index (χ1n) is 10.9. The van der Waals surface area contributed by atoms with Crippen molar-refractivity contribution in [2.24, 2.45) is 0 Å². The average molecular weight is 766 g/mol. The van der Waals surface area contributed by atoms with Gasteiger partial charge in [-0.2, -0.15) is 52.7 Å². The van der Waals surface area contributed by atoms with Crippen molar-refractivity contribution in [3.63, 3.8) is 0 Å². The van der Waals surface area contributed by atoms with Gasteiger partial charge in [0.25, 0.3) is 11.8 Å². The van der Waals surface area contributed by atoms with E-state index in [1.807, 2.05) is 5.32 Å². The van der Waals surface area contributed by atoms with Crippen molar-refractivity contribution in [1.29, 1.82) is 0 Å². The van der Waals surface area contributed by atoms with E-state index in [4.69, 9.17) is 0 Å². The Bertz CT molecular complexity index is 1570. The predicted molar refractivity (Wildman–Crippen MR) is 128 cm³/mol. The lowest BCUT2D eigenvalue weighted by atomic mass is 9.92. The third-order valence-corrected chi connectivity index (χ3v) is 6.32. The Morgan fingerprint density at radius 1 is 0.727 bits per heavy atom. The van der Waals surface area contributed by atoms with Gasteiger partial charge in [0.05, 0.1) is 28.1 Å². The van der Waals surface area contributed by atoms with Gasteiger partial charge >= 0.3 is 30.4 Å². The van der Waals surface area contributed by atoms with E-state index in [9.17, 15) is 66.7 Å². The summed E-state index contributed by atoms with van der Waals surface area (Å²) in [6, 6.07) is 1.28. The molecule has 0 aliphatic carbocycles. The van der Waals surface area contributed by atoms with Gasteiger partial charge in [-0.15, -0.1) is 0 Å². The maximum absolute atomic E-state index is 15.1. The lowest BCUT2D eigenvalue weighted by Crippen LogP contribution is -2.50. The van der Waals surface area contributed by atoms with Crippen molar-refractivity contribution < 1.29 is 71.1 Å². The summed E-state index contributed by atoms with van der Waals surface area (Å²) in [4.78, 5) is 30.8. The van der Waals surface area contributed by atoms with E-state index >= 15 is 4.39 Å². The summed E-state index contributed by atoms with van der Waals surface area (Å²) in [6.45, 7) is 0. The molecular weight excluding hydrogens is 757 g/mol. The van der Waals surface area contributed by atoms with Crippen LogP contribution in [-0.2, 0) is 18.0 Å². The quantitative estimate of drug-likeness (QED) is 0.204. The van der Waals surface area contributed by atoms with Crippen LogP contribution in [-0.4, -0.2) is 34.1 Å². The highest BCUT2D eigenvalue weighted by atomic mass is 127. The molecule has 0 fully saturated rings. The summed E-state index contributed by atoms with van der Waals surface area (Å²) >= 11 is 0.797. The van der Waals surface area contributed by atoms with Crippen LogP contribution in [0.2, 0.25) is 0 Å². The molecule has 0 radical (unpaired) electrons. The number of amides is 2. The third kappa shape index (κ3) is 6.80. The summed E-state index contributed by atoms with van der Waals surface area (Å²) < 4.78 is 186. The van der Waals surface area contributed by atoms with Crippen LogP contribution < -0.4 is 10.6 Å². The van der Waals surface area contributed by atoms with Crippen LogP contribution in [0, 0.1) is 9.39 Å². The van der Waals surface area contributed by atoms with E-state index in [2.05, 4.69) is 9.97 Å². The van der Waals surface area contributed by atoms with Gasteiger partial charge in [-0.1, -0.05) is 6.07 Å². The van der Waals surface area contributed by atoms with Gasteiger partial charge in [0.1, 0.15) is 0 Å². The van der Waals surface area contributed by atoms with Crippen LogP contribution in [0.15, 0.2) is 42.7 Å². The Kier molecular flexibility index (Phi) is 9.16. The summed E-state index contributed by atoms with van der Waals surface area (Å²) in [5.41, 5.74) is -15.2. The van der Waals surface area contributed by atoms with Gasteiger partial charge in [-0.05, 0) is 46.9 Å². The molecule has 2 aromatic carbocycles. The number of halogens is 15. The van der Waals surface area contributed by atoms with Crippen molar-refractivity contribution in [2.45, 2.75) is 30.4 Å². The minimum absolute atomic E-state index is 0.245. The molecule has 44 heavy (non-hydrogen) atoms. The Hall–Kier alpha value is -3.79. The van der Waals surface area contributed by atoms with Crippen molar-refractivity contribution >= 4 is 45.8 Å². The molecule has 3 rings (SSSR count). The minimum Gasteiger partial charge on any atom is -0.320 e. The number of carbonyl (C=O) groups is 2. The molecule has 0 saturated carbocycles. The Balaban J connectivity index is 2.00. The Morgan fingerprint density at radius 2 is 1.27 bits per heavy atom. The van der Waals surface area contributed by atoms with Crippen molar-refractivity contribution in [3.8, 4) is 0 Å². The van der Waals surface area contributed by atoms with E-state index in [0.717, 1.165) is 34.7 Å². The van der Waals surface area contributed by atoms with E-state index in [1.165, 1.54) is 5.32 Å². The smallest absolute Gasteiger partial charge is 0.320 e. The molecule has 2 N–H and O–H groups in total. The second-order valence-corrected chi connectivity index (χ2v) is 9.56. The molecule has 0 unspecified atom stereocenters. The molecule has 1 aromatic heterocycles. The molecule has 2 amide bonds. The SMILES string of the molecule is O=C(Nc1cccc(C(=O)Nc2c(I)cc(C(F)(C(F)(F)F)C(F)(F)F)cc2C(F)(F)F)c1F)c1cnc(C(F)(F)F)nc1. The number of rotatable bonds is 5. The number of anilines is 2. The summed E-state index contributed by atoms with van der Waals surface area (Å²) in [5.74, 6) is -6.31. The van der Waals surface area contributed by atoms with Crippen molar-refractivity contribution in [2.75, 3.05) is 10.6 Å².